The van der Waals surface area contributed by atoms with Gasteiger partial charge in [0.05, 0.1) is 16.3 Å². The van der Waals surface area contributed by atoms with Gasteiger partial charge in [0.2, 0.25) is 0 Å². The minimum Gasteiger partial charge on any atom is -0.293 e. The van der Waals surface area contributed by atoms with Crippen molar-refractivity contribution in [2.75, 3.05) is 5.75 Å². The molecule has 2 aromatic rings. The normalized spacial score (nSPS) is 11.4. The first kappa shape index (κ1) is 15.9. The summed E-state index contributed by atoms with van der Waals surface area (Å²) in [5, 5.41) is 0.472. The molecule has 0 bridgehead atoms. The molecule has 0 saturated heterocycles. The molecule has 0 atom stereocenters. The Labute approximate surface area is 129 Å². The third kappa shape index (κ3) is 4.02. The molecular weight excluding hydrogens is 321 g/mol. The lowest BCUT2D eigenvalue weighted by atomic mass is 10.0. The molecule has 0 N–H and O–H groups in total. The van der Waals surface area contributed by atoms with Gasteiger partial charge in [0.15, 0.2) is 5.78 Å². The molecule has 21 heavy (non-hydrogen) atoms. The average Bonchev–Trinajstić information content (AvgIpc) is 2.45. The van der Waals surface area contributed by atoms with Gasteiger partial charge in [0.25, 0.3) is 0 Å². The molecule has 2 rings (SSSR count). The molecule has 0 aliphatic heterocycles. The molecule has 0 aliphatic carbocycles. The predicted molar refractivity (Wildman–Crippen MR) is 78.0 cm³/mol. The minimum absolute atomic E-state index is 0.100. The van der Waals surface area contributed by atoms with Crippen LogP contribution in [0.5, 0.6) is 0 Å². The first-order valence-corrected chi connectivity index (χ1v) is 7.32. The van der Waals surface area contributed by atoms with Gasteiger partial charge in [-0.3, -0.25) is 4.79 Å². The highest BCUT2D eigenvalue weighted by Gasteiger charge is 2.34. The summed E-state index contributed by atoms with van der Waals surface area (Å²) in [6, 6.07) is 11.7. The van der Waals surface area contributed by atoms with Crippen molar-refractivity contribution in [2.24, 2.45) is 0 Å². The Morgan fingerprint density at radius 2 is 1.67 bits per heavy atom. The van der Waals surface area contributed by atoms with Gasteiger partial charge in [-0.2, -0.15) is 13.2 Å². The number of carbonyl (C=O) groups is 1. The van der Waals surface area contributed by atoms with Gasteiger partial charge in [-0.15, -0.1) is 11.8 Å². The van der Waals surface area contributed by atoms with E-state index in [0.717, 1.165) is 17.8 Å². The van der Waals surface area contributed by atoms with Gasteiger partial charge < -0.3 is 0 Å². The topological polar surface area (TPSA) is 17.1 Å². The summed E-state index contributed by atoms with van der Waals surface area (Å²) >= 11 is 7.07. The lowest BCUT2D eigenvalue weighted by molar-refractivity contribution is -0.137. The van der Waals surface area contributed by atoms with E-state index in [2.05, 4.69) is 0 Å². The number of hydrogen-bond acceptors (Lipinski definition) is 2. The summed E-state index contributed by atoms with van der Waals surface area (Å²) in [4.78, 5) is 12.7. The van der Waals surface area contributed by atoms with Crippen molar-refractivity contribution in [2.45, 2.75) is 11.1 Å². The SMILES string of the molecule is O=C(CSc1ccccc1Cl)c1ccccc1C(F)(F)F. The van der Waals surface area contributed by atoms with Crippen molar-refractivity contribution in [1.82, 2.24) is 0 Å². The summed E-state index contributed by atoms with van der Waals surface area (Å²) in [5.74, 6) is -0.676. The van der Waals surface area contributed by atoms with E-state index < -0.39 is 17.5 Å². The van der Waals surface area contributed by atoms with Crippen molar-refractivity contribution >= 4 is 29.1 Å². The average molecular weight is 331 g/mol. The molecule has 110 valence electrons. The van der Waals surface area contributed by atoms with Gasteiger partial charge in [-0.25, -0.2) is 0 Å². The molecule has 0 fully saturated rings. The van der Waals surface area contributed by atoms with Gasteiger partial charge in [0.1, 0.15) is 0 Å². The number of Topliss-reactive ketones (excluding diaryl/α,β-unsaturated/α-hetero) is 1. The fourth-order valence-corrected chi connectivity index (χ4v) is 2.88. The van der Waals surface area contributed by atoms with Gasteiger partial charge in [-0.05, 0) is 18.2 Å². The molecule has 0 radical (unpaired) electrons. The number of alkyl halides is 3. The zero-order valence-corrected chi connectivity index (χ0v) is 12.2. The molecule has 0 spiro atoms. The van der Waals surface area contributed by atoms with E-state index in [1.807, 2.05) is 0 Å². The maximum Gasteiger partial charge on any atom is 0.417 e. The number of rotatable bonds is 4. The molecule has 6 heteroatoms. The lowest BCUT2D eigenvalue weighted by Gasteiger charge is -2.11. The summed E-state index contributed by atoms with van der Waals surface area (Å²) in [5.41, 5.74) is -1.22. The van der Waals surface area contributed by atoms with E-state index in [-0.39, 0.29) is 11.3 Å². The Kier molecular flexibility index (Phi) is 4.96. The van der Waals surface area contributed by atoms with Crippen LogP contribution < -0.4 is 0 Å². The second-order valence-corrected chi connectivity index (χ2v) is 5.61. The summed E-state index contributed by atoms with van der Waals surface area (Å²) in [7, 11) is 0. The first-order valence-electron chi connectivity index (χ1n) is 5.96. The van der Waals surface area contributed by atoms with Crippen LogP contribution in [0.1, 0.15) is 15.9 Å². The highest BCUT2D eigenvalue weighted by Crippen LogP contribution is 2.33. The van der Waals surface area contributed by atoms with Crippen molar-refractivity contribution in [3.05, 3.63) is 64.7 Å². The second kappa shape index (κ2) is 6.54. The van der Waals surface area contributed by atoms with E-state index in [4.69, 9.17) is 11.6 Å². The summed E-state index contributed by atoms with van der Waals surface area (Å²) < 4.78 is 38.6. The fourth-order valence-electron chi connectivity index (χ4n) is 1.76. The number of ketones is 1. The maximum atomic E-state index is 12.9. The standard InChI is InChI=1S/C15H10ClF3OS/c16-12-7-3-4-8-14(12)21-9-13(20)10-5-1-2-6-11(10)15(17,18)19/h1-8H,9H2. The zero-order valence-electron chi connectivity index (χ0n) is 10.7. The molecule has 2 aromatic carbocycles. The first-order chi connectivity index (χ1) is 9.89. The fraction of sp³-hybridized carbons (Fsp3) is 0.133. The van der Waals surface area contributed by atoms with Crippen LogP contribution in [0.4, 0.5) is 13.2 Å². The van der Waals surface area contributed by atoms with E-state index in [9.17, 15) is 18.0 Å². The van der Waals surface area contributed by atoms with Crippen LogP contribution in [0, 0.1) is 0 Å². The van der Waals surface area contributed by atoms with E-state index >= 15 is 0 Å². The third-order valence-corrected chi connectivity index (χ3v) is 4.24. The third-order valence-electron chi connectivity index (χ3n) is 2.73. The molecule has 0 aliphatic rings. The maximum absolute atomic E-state index is 12.9. The molecule has 0 saturated carbocycles. The van der Waals surface area contributed by atoms with E-state index in [1.54, 1.807) is 24.3 Å². The van der Waals surface area contributed by atoms with Gasteiger partial charge in [0, 0.05) is 10.5 Å². The number of halogens is 4. The second-order valence-electron chi connectivity index (χ2n) is 4.19. The van der Waals surface area contributed by atoms with Crippen LogP contribution in [0.3, 0.4) is 0 Å². The van der Waals surface area contributed by atoms with E-state index in [1.165, 1.54) is 18.2 Å². The Morgan fingerprint density at radius 1 is 1.05 bits per heavy atom. The van der Waals surface area contributed by atoms with Crippen LogP contribution in [-0.2, 0) is 6.18 Å². The van der Waals surface area contributed by atoms with Crippen molar-refractivity contribution < 1.29 is 18.0 Å². The molecule has 0 heterocycles. The van der Waals surface area contributed by atoms with Crippen LogP contribution in [0.15, 0.2) is 53.4 Å². The highest BCUT2D eigenvalue weighted by molar-refractivity contribution is 8.00. The quantitative estimate of drug-likeness (QED) is 0.556. The number of hydrogen-bond donors (Lipinski definition) is 0. The lowest BCUT2D eigenvalue weighted by Crippen LogP contribution is -2.14. The molecule has 1 nitrogen and oxygen atoms in total. The number of benzene rings is 2. The Morgan fingerprint density at radius 3 is 2.33 bits per heavy atom. The number of carbonyl (C=O) groups excluding carboxylic acids is 1. The molecule has 0 aromatic heterocycles. The smallest absolute Gasteiger partial charge is 0.293 e. The van der Waals surface area contributed by atoms with Gasteiger partial charge >= 0.3 is 6.18 Å². The summed E-state index contributed by atoms with van der Waals surface area (Å²) in [6.07, 6.45) is -4.54. The van der Waals surface area contributed by atoms with Gasteiger partial charge in [-0.1, -0.05) is 41.9 Å². The monoisotopic (exact) mass is 330 g/mol. The van der Waals surface area contributed by atoms with Crippen LogP contribution in [0.25, 0.3) is 0 Å². The Balaban J connectivity index is 2.17. The van der Waals surface area contributed by atoms with Crippen molar-refractivity contribution in [3.63, 3.8) is 0 Å². The number of thioether (sulfide) groups is 1. The molecule has 0 unspecified atom stereocenters. The van der Waals surface area contributed by atoms with Crippen LogP contribution in [0.2, 0.25) is 5.02 Å². The van der Waals surface area contributed by atoms with E-state index in [0.29, 0.717) is 9.92 Å². The minimum atomic E-state index is -4.54. The van der Waals surface area contributed by atoms with Crippen molar-refractivity contribution in [3.8, 4) is 0 Å². The summed E-state index contributed by atoms with van der Waals surface area (Å²) in [6.45, 7) is 0. The Hall–Kier alpha value is -1.46. The highest BCUT2D eigenvalue weighted by atomic mass is 35.5. The molecule has 0 amide bonds. The van der Waals surface area contributed by atoms with Crippen molar-refractivity contribution in [1.29, 1.82) is 0 Å². The Bertz CT molecular complexity index is 655. The predicted octanol–water partition coefficient (Wildman–Crippen LogP) is 5.33. The van der Waals surface area contributed by atoms with Crippen LogP contribution >= 0.6 is 23.4 Å². The largest absolute Gasteiger partial charge is 0.417 e. The molecular formula is C15H10ClF3OS. The van der Waals surface area contributed by atoms with Crippen LogP contribution in [-0.4, -0.2) is 11.5 Å². The zero-order chi connectivity index (χ0) is 15.5.